The van der Waals surface area contributed by atoms with E-state index >= 15 is 8.78 Å². The Hall–Kier alpha value is -3.44. The third kappa shape index (κ3) is 5.85. The van der Waals surface area contributed by atoms with Crippen LogP contribution in [-0.4, -0.2) is 49.5 Å². The number of nitrogens with zero attached hydrogens (tertiary/aromatic N) is 3. The van der Waals surface area contributed by atoms with Crippen LogP contribution >= 0.6 is 11.6 Å². The number of aryl methyl sites for hydroxylation is 1. The molecule has 0 unspecified atom stereocenters. The van der Waals surface area contributed by atoms with E-state index in [2.05, 4.69) is 20.5 Å². The average molecular weight is 578 g/mol. The summed E-state index contributed by atoms with van der Waals surface area (Å²) in [6.45, 7) is 7.08. The number of hydrogen-bond donors (Lipinski definition) is 3. The Morgan fingerprint density at radius 2 is 1.98 bits per heavy atom. The summed E-state index contributed by atoms with van der Waals surface area (Å²) in [5.41, 5.74) is -1.49. The number of aliphatic carboxylic acids is 1. The number of halogens is 4. The number of hydrogen-bond acceptors (Lipinski definition) is 6. The van der Waals surface area contributed by atoms with Gasteiger partial charge in [0.2, 0.25) is 0 Å². The zero-order valence-corrected chi connectivity index (χ0v) is 23.4. The molecular weight excluding hydrogens is 547 g/mol. The molecule has 0 bridgehead atoms. The summed E-state index contributed by atoms with van der Waals surface area (Å²) < 4.78 is 45.7. The van der Waals surface area contributed by atoms with Crippen LogP contribution in [0.3, 0.4) is 0 Å². The van der Waals surface area contributed by atoms with Gasteiger partial charge in [-0.15, -0.1) is 0 Å². The van der Waals surface area contributed by atoms with Crippen molar-refractivity contribution < 1.29 is 27.9 Å². The van der Waals surface area contributed by atoms with E-state index in [1.165, 1.54) is 19.9 Å². The summed E-state index contributed by atoms with van der Waals surface area (Å²) in [6, 6.07) is 5.97. The molecule has 1 fully saturated rings. The fourth-order valence-electron chi connectivity index (χ4n) is 5.15. The van der Waals surface area contributed by atoms with Crippen LogP contribution in [0.15, 0.2) is 24.3 Å². The number of benzene rings is 1. The minimum atomic E-state index is -1.45. The van der Waals surface area contributed by atoms with Gasteiger partial charge in [0, 0.05) is 42.2 Å². The monoisotopic (exact) mass is 577 g/mol. The van der Waals surface area contributed by atoms with Crippen LogP contribution in [0.2, 0.25) is 5.02 Å². The predicted octanol–water partition coefficient (Wildman–Crippen LogP) is 6.06. The number of rotatable bonds is 9. The van der Waals surface area contributed by atoms with Gasteiger partial charge in [0.05, 0.1) is 21.7 Å². The predicted molar refractivity (Wildman–Crippen MR) is 144 cm³/mol. The summed E-state index contributed by atoms with van der Waals surface area (Å²) >= 11 is 5.92. The van der Waals surface area contributed by atoms with Gasteiger partial charge in [-0.3, -0.25) is 19.6 Å². The van der Waals surface area contributed by atoms with Crippen LogP contribution in [0.5, 0.6) is 0 Å². The fraction of sp³-hybridized carbons (Fsp3) is 0.429. The van der Waals surface area contributed by atoms with Gasteiger partial charge >= 0.3 is 5.97 Å². The molecule has 12 heteroatoms. The fourth-order valence-corrected chi connectivity index (χ4v) is 5.34. The van der Waals surface area contributed by atoms with Crippen LogP contribution in [0, 0.1) is 35.7 Å². The second kappa shape index (κ2) is 11.6. The van der Waals surface area contributed by atoms with Crippen LogP contribution in [-0.2, 0) is 17.8 Å². The van der Waals surface area contributed by atoms with E-state index in [0.717, 1.165) is 0 Å². The molecule has 3 aromatic rings. The van der Waals surface area contributed by atoms with Crippen molar-refractivity contribution in [2.24, 2.45) is 11.3 Å². The minimum absolute atomic E-state index is 0.000988. The van der Waals surface area contributed by atoms with Crippen LogP contribution < -0.4 is 5.32 Å². The van der Waals surface area contributed by atoms with Crippen molar-refractivity contribution in [2.75, 3.05) is 11.9 Å². The third-order valence-corrected chi connectivity index (χ3v) is 7.71. The summed E-state index contributed by atoms with van der Waals surface area (Å²) in [7, 11) is 0. The Morgan fingerprint density at radius 1 is 1.25 bits per heavy atom. The van der Waals surface area contributed by atoms with E-state index in [4.69, 9.17) is 11.6 Å². The molecule has 0 amide bonds. The lowest BCUT2D eigenvalue weighted by Gasteiger charge is -2.43. The van der Waals surface area contributed by atoms with Crippen molar-refractivity contribution in [1.29, 1.82) is 0 Å². The summed E-state index contributed by atoms with van der Waals surface area (Å²) in [5.74, 6) is -5.74. The molecule has 0 aliphatic carbocycles. The molecule has 3 N–H and O–H groups in total. The number of nitrogens with one attached hydrogen (secondary N) is 2. The maximum atomic E-state index is 15.8. The topological polar surface area (TPSA) is 111 Å². The Kier molecular flexibility index (Phi) is 8.55. The summed E-state index contributed by atoms with van der Waals surface area (Å²) in [5, 5.41) is 19.7. The lowest BCUT2D eigenvalue weighted by molar-refractivity contribution is -0.153. The first kappa shape index (κ1) is 29.5. The van der Waals surface area contributed by atoms with Crippen molar-refractivity contribution in [3.63, 3.8) is 0 Å². The molecule has 3 heterocycles. The number of carbonyl (C=O) groups excluding carboxylic acids is 1. The molecule has 2 atom stereocenters. The number of piperidine rings is 1. The molecule has 0 spiro atoms. The van der Waals surface area contributed by atoms with Crippen molar-refractivity contribution in [1.82, 2.24) is 20.1 Å². The van der Waals surface area contributed by atoms with Crippen molar-refractivity contribution >= 4 is 35.0 Å². The third-order valence-electron chi connectivity index (χ3n) is 7.42. The lowest BCUT2D eigenvalue weighted by atomic mass is 9.72. The molecule has 2 aromatic heterocycles. The minimum Gasteiger partial charge on any atom is -0.481 e. The number of aromatic amines is 1. The molecule has 0 saturated carbocycles. The van der Waals surface area contributed by atoms with E-state index < -0.39 is 51.9 Å². The molecular formula is C28H31ClF3N5O3. The van der Waals surface area contributed by atoms with E-state index in [9.17, 15) is 19.1 Å². The van der Waals surface area contributed by atoms with Crippen LogP contribution in [0.1, 0.15) is 60.9 Å². The van der Waals surface area contributed by atoms with Gasteiger partial charge in [0.25, 0.3) is 0 Å². The SMILES string of the molecule is Cc1cc(Nc2nc(C[C@@]3(C(=O)O)CCN(Cc4cccc(Cl)c4F)[C@H](C)C3)c(F)c(C(=O)C(C)C)c2F)n[nH]1. The van der Waals surface area contributed by atoms with Crippen molar-refractivity contribution in [2.45, 2.75) is 59.5 Å². The van der Waals surface area contributed by atoms with E-state index in [1.54, 1.807) is 25.1 Å². The van der Waals surface area contributed by atoms with E-state index in [-0.39, 0.29) is 54.9 Å². The Bertz CT molecular complexity index is 1450. The Labute approximate surface area is 234 Å². The number of aromatic nitrogens is 3. The van der Waals surface area contributed by atoms with Gasteiger partial charge in [-0.25, -0.2) is 18.2 Å². The van der Waals surface area contributed by atoms with Gasteiger partial charge in [0.1, 0.15) is 5.82 Å². The first-order valence-corrected chi connectivity index (χ1v) is 13.3. The first-order chi connectivity index (χ1) is 18.8. The molecule has 1 saturated heterocycles. The number of carbonyl (C=O) groups is 2. The standard InChI is InChI=1S/C28H31ClF3N5O3/c1-14(2)25(38)21-23(31)19(33-26(24(21)32)34-20-10-15(3)35-36-20)12-28(27(39)40)8-9-37(16(4)11-28)13-17-6-5-7-18(29)22(17)30/h5-7,10,14,16H,8-9,11-13H2,1-4H3,(H,39,40)(H2,33,34,35,36)/t16-,28-/m1/s1. The highest BCUT2D eigenvalue weighted by atomic mass is 35.5. The van der Waals surface area contributed by atoms with Gasteiger partial charge in [0.15, 0.2) is 29.1 Å². The number of Topliss-reactive ketones (excluding diaryl/α,β-unsaturated/α-hetero) is 1. The molecule has 1 aliphatic heterocycles. The number of ketones is 1. The first-order valence-electron chi connectivity index (χ1n) is 12.9. The summed E-state index contributed by atoms with van der Waals surface area (Å²) in [4.78, 5) is 31.6. The number of carboxylic acid groups (broad SMARTS) is 1. The maximum absolute atomic E-state index is 15.8. The van der Waals surface area contributed by atoms with Gasteiger partial charge in [-0.1, -0.05) is 37.6 Å². The van der Waals surface area contributed by atoms with Gasteiger partial charge in [-0.2, -0.15) is 5.10 Å². The second-order valence-corrected chi connectivity index (χ2v) is 11.1. The molecule has 40 heavy (non-hydrogen) atoms. The number of carboxylic acids is 1. The highest BCUT2D eigenvalue weighted by Gasteiger charge is 2.46. The lowest BCUT2D eigenvalue weighted by Crippen LogP contribution is -2.50. The van der Waals surface area contributed by atoms with Crippen molar-refractivity contribution in [3.8, 4) is 0 Å². The molecule has 8 nitrogen and oxygen atoms in total. The molecule has 4 rings (SSSR count). The zero-order chi connectivity index (χ0) is 29.4. The molecule has 214 valence electrons. The molecule has 1 aromatic carbocycles. The highest BCUT2D eigenvalue weighted by molar-refractivity contribution is 6.30. The summed E-state index contributed by atoms with van der Waals surface area (Å²) in [6.07, 6.45) is -0.176. The molecule has 1 aliphatic rings. The highest BCUT2D eigenvalue weighted by Crippen LogP contribution is 2.40. The van der Waals surface area contributed by atoms with E-state index in [1.807, 2.05) is 11.8 Å². The quantitative estimate of drug-likeness (QED) is 0.265. The number of pyridine rings is 1. The van der Waals surface area contributed by atoms with Gasteiger partial charge in [-0.05, 0) is 39.3 Å². The number of H-pyrrole nitrogens is 1. The average Bonchev–Trinajstić information content (AvgIpc) is 3.30. The maximum Gasteiger partial charge on any atom is 0.310 e. The van der Waals surface area contributed by atoms with Gasteiger partial charge < -0.3 is 10.4 Å². The zero-order valence-electron chi connectivity index (χ0n) is 22.6. The number of likely N-dealkylation sites (tertiary alicyclic amines) is 1. The van der Waals surface area contributed by atoms with E-state index in [0.29, 0.717) is 11.3 Å². The normalized spacial score (nSPS) is 19.7. The second-order valence-electron chi connectivity index (χ2n) is 10.7. The Balaban J connectivity index is 1.68. The smallest absolute Gasteiger partial charge is 0.310 e. The largest absolute Gasteiger partial charge is 0.481 e. The molecule has 0 radical (unpaired) electrons. The van der Waals surface area contributed by atoms with Crippen LogP contribution in [0.25, 0.3) is 0 Å². The van der Waals surface area contributed by atoms with Crippen molar-refractivity contribution in [3.05, 3.63) is 69.3 Å². The number of anilines is 2. The Morgan fingerprint density at radius 3 is 2.58 bits per heavy atom. The van der Waals surface area contributed by atoms with Crippen LogP contribution in [0.4, 0.5) is 24.8 Å².